The number of benzene rings is 2. The summed E-state index contributed by atoms with van der Waals surface area (Å²) in [4.78, 5) is 25.8. The van der Waals surface area contributed by atoms with Gasteiger partial charge in [-0.2, -0.15) is 0 Å². The third-order valence-corrected chi connectivity index (χ3v) is 5.35. The van der Waals surface area contributed by atoms with Crippen LogP contribution in [-0.4, -0.2) is 32.0 Å². The van der Waals surface area contributed by atoms with E-state index < -0.39 is 23.3 Å². The van der Waals surface area contributed by atoms with Crippen molar-refractivity contribution in [3.05, 3.63) is 69.5 Å². The third kappa shape index (κ3) is 4.34. The first kappa shape index (κ1) is 23.0. The first-order chi connectivity index (χ1) is 16.3. The van der Waals surface area contributed by atoms with Crippen LogP contribution in [0.5, 0.6) is 28.7 Å². The number of ether oxygens (including phenoxy) is 4. The lowest BCUT2D eigenvalue weighted by Gasteiger charge is -2.22. The Labute approximate surface area is 193 Å². The zero-order chi connectivity index (χ0) is 24.4. The zero-order valence-electron chi connectivity index (χ0n) is 18.6. The van der Waals surface area contributed by atoms with E-state index in [4.69, 9.17) is 23.4 Å². The van der Waals surface area contributed by atoms with Gasteiger partial charge in [-0.25, -0.2) is 9.18 Å². The maximum absolute atomic E-state index is 13.2. The minimum atomic E-state index is -1.02. The summed E-state index contributed by atoms with van der Waals surface area (Å²) in [5.74, 6) is -1.03. The molecule has 0 fully saturated rings. The molecule has 1 aliphatic heterocycles. The molecule has 0 unspecified atom stereocenters. The first-order valence-corrected chi connectivity index (χ1v) is 10.3. The number of fused-ring (bicyclic) bond motifs is 1. The van der Waals surface area contributed by atoms with Gasteiger partial charge in [-0.15, -0.1) is 0 Å². The van der Waals surface area contributed by atoms with Crippen LogP contribution in [0.25, 0.3) is 0 Å². The summed E-state index contributed by atoms with van der Waals surface area (Å²) in [5, 5.41) is 13.3. The quantitative estimate of drug-likeness (QED) is 0.536. The largest absolute Gasteiger partial charge is 0.507 e. The minimum absolute atomic E-state index is 0.0703. The number of rotatable bonds is 7. The predicted molar refractivity (Wildman–Crippen MR) is 119 cm³/mol. The lowest BCUT2D eigenvalue weighted by atomic mass is 9.87. The molecule has 4 rings (SSSR count). The molecule has 1 aromatic heterocycles. The monoisotopic (exact) mass is 471 g/mol. The van der Waals surface area contributed by atoms with Crippen molar-refractivity contribution in [2.24, 2.45) is 0 Å². The van der Waals surface area contributed by atoms with Crippen molar-refractivity contribution >= 4 is 11.6 Å². The maximum Gasteiger partial charge on any atom is 0.343 e. The van der Waals surface area contributed by atoms with E-state index in [1.807, 2.05) is 0 Å². The molecule has 0 bridgehead atoms. The maximum atomic E-state index is 13.2. The molecule has 178 valence electrons. The average molecular weight is 471 g/mol. The summed E-state index contributed by atoms with van der Waals surface area (Å²) in [6.07, 6.45) is -0.294. The number of amides is 1. The number of anilines is 1. The van der Waals surface area contributed by atoms with E-state index in [-0.39, 0.29) is 41.8 Å². The van der Waals surface area contributed by atoms with E-state index in [2.05, 4.69) is 5.32 Å². The van der Waals surface area contributed by atoms with Crippen LogP contribution < -0.4 is 29.9 Å². The molecule has 0 aliphatic carbocycles. The van der Waals surface area contributed by atoms with Crippen molar-refractivity contribution in [1.82, 2.24) is 0 Å². The first-order valence-electron chi connectivity index (χ1n) is 10.3. The smallest absolute Gasteiger partial charge is 0.343 e. The van der Waals surface area contributed by atoms with Gasteiger partial charge in [0.15, 0.2) is 11.5 Å². The van der Waals surface area contributed by atoms with Gasteiger partial charge in [0.25, 0.3) is 0 Å². The fourth-order valence-electron chi connectivity index (χ4n) is 3.88. The molecule has 1 aliphatic rings. The Kier molecular flexibility index (Phi) is 6.31. The van der Waals surface area contributed by atoms with Crippen molar-refractivity contribution in [2.45, 2.75) is 19.3 Å². The molecule has 34 heavy (non-hydrogen) atoms. The van der Waals surface area contributed by atoms with Gasteiger partial charge in [-0.05, 0) is 37.3 Å². The van der Waals surface area contributed by atoms with E-state index in [9.17, 15) is 19.1 Å². The standard InChI is InChI=1S/C24H22FNO8/c1-12-8-17(27)20(24(29)34-12)15(10-19(28)26-14-6-4-13(25)5-7-14)16-9-18(30-2)22-23(21(16)31-3)33-11-32-22/h4-9,15,27H,10-11H2,1-3H3,(H,26,28)/t15-/m1/s1. The topological polar surface area (TPSA) is 116 Å². The molecule has 3 aromatic rings. The average Bonchev–Trinajstić information content (AvgIpc) is 3.28. The highest BCUT2D eigenvalue weighted by molar-refractivity contribution is 5.91. The summed E-state index contributed by atoms with van der Waals surface area (Å²) in [5.41, 5.74) is -0.250. The molecule has 1 amide bonds. The summed E-state index contributed by atoms with van der Waals surface area (Å²) in [6.45, 7) is 1.45. The second kappa shape index (κ2) is 9.34. The SMILES string of the molecule is COc1cc([C@@H](CC(=O)Nc2ccc(F)cc2)c2c(O)cc(C)oc2=O)c(OC)c2c1OCO2. The van der Waals surface area contributed by atoms with Crippen molar-refractivity contribution in [3.63, 3.8) is 0 Å². The number of carbonyl (C=O) groups is 1. The van der Waals surface area contributed by atoms with Crippen molar-refractivity contribution < 1.29 is 37.7 Å². The number of halogens is 1. The van der Waals surface area contributed by atoms with Gasteiger partial charge >= 0.3 is 5.63 Å². The number of carbonyl (C=O) groups excluding carboxylic acids is 1. The Morgan fingerprint density at radius 1 is 1.15 bits per heavy atom. The van der Waals surface area contributed by atoms with Crippen molar-refractivity contribution in [3.8, 4) is 28.7 Å². The molecule has 0 saturated carbocycles. The van der Waals surface area contributed by atoms with Gasteiger partial charge < -0.3 is 33.8 Å². The molecule has 10 heteroatoms. The van der Waals surface area contributed by atoms with E-state index >= 15 is 0 Å². The Balaban J connectivity index is 1.83. The summed E-state index contributed by atoms with van der Waals surface area (Å²) < 4.78 is 40.4. The fraction of sp³-hybridized carbons (Fsp3) is 0.250. The third-order valence-electron chi connectivity index (χ3n) is 5.35. The highest BCUT2D eigenvalue weighted by Crippen LogP contribution is 2.52. The van der Waals surface area contributed by atoms with Gasteiger partial charge in [0, 0.05) is 29.7 Å². The van der Waals surface area contributed by atoms with Crippen LogP contribution >= 0.6 is 0 Å². The van der Waals surface area contributed by atoms with E-state index in [1.54, 1.807) is 6.07 Å². The molecule has 0 radical (unpaired) electrons. The number of aromatic hydroxyl groups is 1. The van der Waals surface area contributed by atoms with Crippen LogP contribution in [0.15, 0.2) is 45.6 Å². The van der Waals surface area contributed by atoms with Crippen LogP contribution in [0.3, 0.4) is 0 Å². The number of methoxy groups -OCH3 is 2. The van der Waals surface area contributed by atoms with Crippen LogP contribution in [0.1, 0.15) is 29.2 Å². The lowest BCUT2D eigenvalue weighted by Crippen LogP contribution is -2.21. The second-order valence-electron chi connectivity index (χ2n) is 7.52. The molecular weight excluding hydrogens is 449 g/mol. The number of nitrogens with one attached hydrogen (secondary N) is 1. The van der Waals surface area contributed by atoms with Crippen LogP contribution in [-0.2, 0) is 4.79 Å². The van der Waals surface area contributed by atoms with Gasteiger partial charge in [-0.3, -0.25) is 4.79 Å². The Bertz CT molecular complexity index is 1290. The highest BCUT2D eigenvalue weighted by atomic mass is 19.1. The fourth-order valence-corrected chi connectivity index (χ4v) is 3.88. The Morgan fingerprint density at radius 3 is 2.50 bits per heavy atom. The molecule has 0 spiro atoms. The minimum Gasteiger partial charge on any atom is -0.507 e. The molecule has 0 saturated heterocycles. The van der Waals surface area contributed by atoms with Gasteiger partial charge in [-0.1, -0.05) is 0 Å². The molecule has 1 atom stereocenters. The van der Waals surface area contributed by atoms with Crippen molar-refractivity contribution in [2.75, 3.05) is 26.3 Å². The summed E-state index contributed by atoms with van der Waals surface area (Å²) >= 11 is 0. The number of aryl methyl sites for hydroxylation is 1. The molecule has 2 N–H and O–H groups in total. The Hall–Kier alpha value is -4.21. The second-order valence-corrected chi connectivity index (χ2v) is 7.52. The van der Waals surface area contributed by atoms with E-state index in [0.717, 1.165) is 0 Å². The molecule has 2 aromatic carbocycles. The summed E-state index contributed by atoms with van der Waals surface area (Å²) in [6, 6.07) is 8.08. The number of hydrogen-bond donors (Lipinski definition) is 2. The van der Waals surface area contributed by atoms with E-state index in [1.165, 1.54) is 51.5 Å². The molecule has 2 heterocycles. The molecular formula is C24H22FNO8. The van der Waals surface area contributed by atoms with E-state index in [0.29, 0.717) is 22.7 Å². The molecule has 9 nitrogen and oxygen atoms in total. The zero-order valence-corrected chi connectivity index (χ0v) is 18.6. The van der Waals surface area contributed by atoms with Crippen molar-refractivity contribution in [1.29, 1.82) is 0 Å². The normalized spacial score (nSPS) is 12.8. The van der Waals surface area contributed by atoms with Crippen LogP contribution in [0, 0.1) is 12.7 Å². The van der Waals surface area contributed by atoms with Gasteiger partial charge in [0.1, 0.15) is 17.3 Å². The van der Waals surface area contributed by atoms with Gasteiger partial charge in [0.05, 0.1) is 19.8 Å². The van der Waals surface area contributed by atoms with Crippen LogP contribution in [0.2, 0.25) is 0 Å². The predicted octanol–water partition coefficient (Wildman–Crippen LogP) is 3.70. The summed E-state index contributed by atoms with van der Waals surface area (Å²) in [7, 11) is 2.84. The van der Waals surface area contributed by atoms with Gasteiger partial charge in [0.2, 0.25) is 24.2 Å². The Morgan fingerprint density at radius 2 is 1.85 bits per heavy atom. The number of hydrogen-bond acceptors (Lipinski definition) is 8. The lowest BCUT2D eigenvalue weighted by molar-refractivity contribution is -0.116. The highest BCUT2D eigenvalue weighted by Gasteiger charge is 2.34. The van der Waals surface area contributed by atoms with Crippen LogP contribution in [0.4, 0.5) is 10.1 Å².